The van der Waals surface area contributed by atoms with Crippen LogP contribution in [0.15, 0.2) is 237 Å². The molecule has 0 fully saturated rings. The first kappa shape index (κ1) is 37.1. The van der Waals surface area contributed by atoms with E-state index in [1.165, 1.54) is 103 Å². The van der Waals surface area contributed by atoms with Crippen LogP contribution in [0.2, 0.25) is 0 Å². The van der Waals surface area contributed by atoms with Gasteiger partial charge in [-0.1, -0.05) is 194 Å². The monoisotopic (exact) mass is 826 g/mol. The molecule has 65 heavy (non-hydrogen) atoms. The van der Waals surface area contributed by atoms with Crippen LogP contribution in [0.1, 0.15) is 5.56 Å². The maximum Gasteiger partial charge on any atom is 0.0618 e. The highest BCUT2D eigenvalue weighted by molar-refractivity contribution is 6.31. The highest BCUT2D eigenvalue weighted by Crippen LogP contribution is 2.52. The maximum atomic E-state index is 2.47. The number of para-hydroxylation sites is 3. The van der Waals surface area contributed by atoms with Gasteiger partial charge in [0.2, 0.25) is 0 Å². The summed E-state index contributed by atoms with van der Waals surface area (Å²) in [6.45, 7) is 2.22. The summed E-state index contributed by atoms with van der Waals surface area (Å²) >= 11 is 0. The van der Waals surface area contributed by atoms with Crippen LogP contribution in [-0.2, 0) is 0 Å². The summed E-state index contributed by atoms with van der Waals surface area (Å²) in [5.41, 5.74) is 13.2. The standard InChI is InChI=1S/C63H42N2/c1-41-34-39-54-57(40-41)62(51-26-8-7-25-50(51)60(54)49-31-17-19-42-18-5-6-22-46(42)49)61-52-27-9-11-29-55(52)63(56-30-12-10-28-53(56)61)64(43-20-3-2-4-21-43)44-35-37-45(38-36-44)65-58-32-15-13-23-47(58)48-24-14-16-33-59(48)65/h2-40H,1H3. The highest BCUT2D eigenvalue weighted by atomic mass is 15.1. The molecule has 1 aromatic heterocycles. The number of anilines is 3. The summed E-state index contributed by atoms with van der Waals surface area (Å²) in [5.74, 6) is 0. The van der Waals surface area contributed by atoms with E-state index >= 15 is 0 Å². The van der Waals surface area contributed by atoms with Gasteiger partial charge >= 0.3 is 0 Å². The van der Waals surface area contributed by atoms with Gasteiger partial charge in [0, 0.05) is 38.6 Å². The first-order valence-corrected chi connectivity index (χ1v) is 22.5. The van der Waals surface area contributed by atoms with Crippen molar-refractivity contribution in [3.63, 3.8) is 0 Å². The fourth-order valence-electron chi connectivity index (χ4n) is 10.8. The molecule has 13 aromatic rings. The van der Waals surface area contributed by atoms with Gasteiger partial charge in [-0.05, 0) is 121 Å². The SMILES string of the molecule is Cc1ccc2c(-c3cccc4ccccc34)c3ccccc3c(-c3c4ccccc4c(N(c4ccccc4)c4ccc(-n5c6ccccc6c6ccccc65)cc4)c4ccccc34)c2c1. The van der Waals surface area contributed by atoms with Gasteiger partial charge < -0.3 is 9.47 Å². The molecular formula is C63H42N2. The molecule has 0 atom stereocenters. The quantitative estimate of drug-likeness (QED) is 0.152. The highest BCUT2D eigenvalue weighted by Gasteiger charge is 2.26. The number of aromatic nitrogens is 1. The molecule has 304 valence electrons. The van der Waals surface area contributed by atoms with Crippen molar-refractivity contribution >= 4 is 92.7 Å². The summed E-state index contributed by atoms with van der Waals surface area (Å²) in [5, 5.41) is 14.9. The molecule has 0 aliphatic heterocycles. The van der Waals surface area contributed by atoms with E-state index in [2.05, 4.69) is 253 Å². The van der Waals surface area contributed by atoms with E-state index in [0.29, 0.717) is 0 Å². The molecule has 13 rings (SSSR count). The number of aryl methyl sites for hydroxylation is 1. The third-order valence-corrected chi connectivity index (χ3v) is 13.6. The second-order valence-electron chi connectivity index (χ2n) is 17.2. The van der Waals surface area contributed by atoms with Crippen molar-refractivity contribution in [3.05, 3.63) is 242 Å². The summed E-state index contributed by atoms with van der Waals surface area (Å²) in [4.78, 5) is 2.47. The van der Waals surface area contributed by atoms with Crippen molar-refractivity contribution in [2.75, 3.05) is 4.90 Å². The number of rotatable bonds is 6. The third-order valence-electron chi connectivity index (χ3n) is 13.6. The largest absolute Gasteiger partial charge is 0.309 e. The van der Waals surface area contributed by atoms with E-state index in [4.69, 9.17) is 0 Å². The van der Waals surface area contributed by atoms with Crippen LogP contribution < -0.4 is 4.90 Å². The molecule has 2 nitrogen and oxygen atoms in total. The molecule has 0 saturated carbocycles. The van der Waals surface area contributed by atoms with Crippen molar-refractivity contribution < 1.29 is 0 Å². The van der Waals surface area contributed by atoms with Gasteiger partial charge in [0.25, 0.3) is 0 Å². The molecule has 2 heteroatoms. The molecular weight excluding hydrogens is 785 g/mol. The zero-order valence-electron chi connectivity index (χ0n) is 35.9. The van der Waals surface area contributed by atoms with Crippen LogP contribution in [0.25, 0.3) is 104 Å². The molecule has 0 N–H and O–H groups in total. The Balaban J connectivity index is 1.09. The minimum atomic E-state index is 1.09. The lowest BCUT2D eigenvalue weighted by atomic mass is 9.81. The Labute approximate surface area is 377 Å². The van der Waals surface area contributed by atoms with Gasteiger partial charge in [-0.25, -0.2) is 0 Å². The van der Waals surface area contributed by atoms with Crippen molar-refractivity contribution in [1.82, 2.24) is 4.57 Å². The van der Waals surface area contributed by atoms with E-state index in [1.807, 2.05) is 0 Å². The van der Waals surface area contributed by atoms with Crippen LogP contribution in [0.4, 0.5) is 17.1 Å². The summed E-state index contributed by atoms with van der Waals surface area (Å²) in [6.07, 6.45) is 0. The van der Waals surface area contributed by atoms with Crippen molar-refractivity contribution in [3.8, 4) is 27.9 Å². The zero-order chi connectivity index (χ0) is 43.0. The minimum Gasteiger partial charge on any atom is -0.309 e. The van der Waals surface area contributed by atoms with E-state index in [-0.39, 0.29) is 0 Å². The average Bonchev–Trinajstić information content (AvgIpc) is 3.71. The minimum absolute atomic E-state index is 1.09. The number of hydrogen-bond acceptors (Lipinski definition) is 1. The van der Waals surface area contributed by atoms with Gasteiger partial charge in [-0.2, -0.15) is 0 Å². The Morgan fingerprint density at radius 3 is 1.38 bits per heavy atom. The first-order chi connectivity index (χ1) is 32.2. The van der Waals surface area contributed by atoms with Gasteiger partial charge in [-0.15, -0.1) is 0 Å². The molecule has 12 aromatic carbocycles. The summed E-state index contributed by atoms with van der Waals surface area (Å²) in [7, 11) is 0. The summed E-state index contributed by atoms with van der Waals surface area (Å²) < 4.78 is 2.39. The number of hydrogen-bond donors (Lipinski definition) is 0. The Morgan fingerprint density at radius 1 is 0.308 bits per heavy atom. The van der Waals surface area contributed by atoms with Crippen LogP contribution in [-0.4, -0.2) is 4.57 Å². The van der Waals surface area contributed by atoms with Crippen LogP contribution in [0.3, 0.4) is 0 Å². The van der Waals surface area contributed by atoms with Gasteiger partial charge in [0.1, 0.15) is 0 Å². The lowest BCUT2D eigenvalue weighted by molar-refractivity contribution is 1.17. The number of fused-ring (bicyclic) bond motifs is 8. The van der Waals surface area contributed by atoms with Gasteiger partial charge in [-0.3, -0.25) is 0 Å². The Bertz CT molecular complexity index is 3890. The fraction of sp³-hybridized carbons (Fsp3) is 0.0159. The van der Waals surface area contributed by atoms with Gasteiger partial charge in [0.05, 0.1) is 16.7 Å². The maximum absolute atomic E-state index is 2.47. The fourth-order valence-corrected chi connectivity index (χ4v) is 10.8. The lowest BCUT2D eigenvalue weighted by Crippen LogP contribution is -2.11. The van der Waals surface area contributed by atoms with E-state index in [9.17, 15) is 0 Å². The Morgan fingerprint density at radius 2 is 0.754 bits per heavy atom. The van der Waals surface area contributed by atoms with Crippen LogP contribution >= 0.6 is 0 Å². The van der Waals surface area contributed by atoms with Crippen LogP contribution in [0.5, 0.6) is 0 Å². The smallest absolute Gasteiger partial charge is 0.0618 e. The first-order valence-electron chi connectivity index (χ1n) is 22.5. The van der Waals surface area contributed by atoms with Crippen LogP contribution in [0, 0.1) is 6.92 Å². The Kier molecular flexibility index (Phi) is 8.47. The van der Waals surface area contributed by atoms with Gasteiger partial charge in [0.15, 0.2) is 0 Å². The molecule has 0 saturated heterocycles. The van der Waals surface area contributed by atoms with E-state index in [1.54, 1.807) is 0 Å². The van der Waals surface area contributed by atoms with Crippen molar-refractivity contribution in [2.45, 2.75) is 6.92 Å². The number of benzene rings is 12. The zero-order valence-corrected chi connectivity index (χ0v) is 35.9. The lowest BCUT2D eigenvalue weighted by Gasteiger charge is -2.30. The third kappa shape index (κ3) is 5.74. The van der Waals surface area contributed by atoms with E-state index in [0.717, 1.165) is 22.7 Å². The Hall–Kier alpha value is -8.46. The molecule has 1 heterocycles. The predicted octanol–water partition coefficient (Wildman–Crippen LogP) is 17.7. The second-order valence-corrected chi connectivity index (χ2v) is 17.2. The summed E-state index contributed by atoms with van der Waals surface area (Å²) in [6, 6.07) is 87.2. The van der Waals surface area contributed by atoms with Crippen molar-refractivity contribution in [1.29, 1.82) is 0 Å². The molecule has 0 aliphatic rings. The number of nitrogens with zero attached hydrogens (tertiary/aromatic N) is 2. The molecule has 0 radical (unpaired) electrons. The normalized spacial score (nSPS) is 11.8. The molecule has 0 aliphatic carbocycles. The molecule has 0 spiro atoms. The van der Waals surface area contributed by atoms with Crippen molar-refractivity contribution in [2.24, 2.45) is 0 Å². The predicted molar refractivity (Wildman–Crippen MR) is 279 cm³/mol. The molecule has 0 bridgehead atoms. The second kappa shape index (κ2) is 14.8. The molecule has 0 amide bonds. The molecule has 0 unspecified atom stereocenters. The van der Waals surface area contributed by atoms with E-state index < -0.39 is 0 Å². The topological polar surface area (TPSA) is 8.17 Å². The average molecular weight is 827 g/mol.